The zero-order chi connectivity index (χ0) is 14.5. The van der Waals surface area contributed by atoms with E-state index in [0.29, 0.717) is 26.0 Å². The third-order valence-corrected chi connectivity index (χ3v) is 3.57. The number of carbonyl (C=O) groups is 2. The highest BCUT2D eigenvalue weighted by Gasteiger charge is 2.34. The lowest BCUT2D eigenvalue weighted by molar-refractivity contribution is -0.152. The van der Waals surface area contributed by atoms with Crippen LogP contribution in [0, 0.1) is 6.92 Å². The maximum absolute atomic E-state index is 12.4. The molecule has 1 aromatic carbocycles. The number of aryl methyl sites for hydroxylation is 1. The first-order chi connectivity index (χ1) is 9.61. The number of ether oxygens (including phenoxy) is 1. The van der Waals surface area contributed by atoms with Crippen molar-refractivity contribution < 1.29 is 14.3 Å². The van der Waals surface area contributed by atoms with Gasteiger partial charge in [-0.05, 0) is 32.3 Å². The lowest BCUT2D eigenvalue weighted by Gasteiger charge is -2.23. The summed E-state index contributed by atoms with van der Waals surface area (Å²) >= 11 is 0. The first kappa shape index (κ1) is 14.6. The van der Waals surface area contributed by atoms with Crippen LogP contribution in [0.4, 0.5) is 0 Å². The highest BCUT2D eigenvalue weighted by atomic mass is 16.5. The van der Waals surface area contributed by atoms with Crippen LogP contribution in [-0.4, -0.2) is 36.0 Å². The number of hydrogen-bond acceptors (Lipinski definition) is 3. The van der Waals surface area contributed by atoms with Gasteiger partial charge in [-0.15, -0.1) is 0 Å². The number of rotatable bonds is 4. The molecule has 0 radical (unpaired) electrons. The summed E-state index contributed by atoms with van der Waals surface area (Å²) in [4.78, 5) is 25.9. The van der Waals surface area contributed by atoms with E-state index in [4.69, 9.17) is 4.74 Å². The quantitative estimate of drug-likeness (QED) is 0.790. The minimum Gasteiger partial charge on any atom is -0.464 e. The highest BCUT2D eigenvalue weighted by molar-refractivity contribution is 5.86. The van der Waals surface area contributed by atoms with E-state index < -0.39 is 6.04 Å². The molecule has 0 aliphatic carbocycles. The van der Waals surface area contributed by atoms with Gasteiger partial charge in [0.05, 0.1) is 13.0 Å². The molecule has 4 nitrogen and oxygen atoms in total. The van der Waals surface area contributed by atoms with Gasteiger partial charge in [-0.1, -0.05) is 29.8 Å². The summed E-state index contributed by atoms with van der Waals surface area (Å²) in [6, 6.07) is 7.51. The molecule has 2 rings (SSSR count). The van der Waals surface area contributed by atoms with Gasteiger partial charge in [-0.2, -0.15) is 0 Å². The lowest BCUT2D eigenvalue weighted by Crippen LogP contribution is -2.42. The van der Waals surface area contributed by atoms with E-state index in [0.717, 1.165) is 17.5 Å². The Hall–Kier alpha value is -1.84. The Morgan fingerprint density at radius 3 is 2.90 bits per heavy atom. The van der Waals surface area contributed by atoms with Crippen molar-refractivity contribution in [1.29, 1.82) is 0 Å². The van der Waals surface area contributed by atoms with Crippen LogP contribution in [0.1, 0.15) is 30.9 Å². The van der Waals surface area contributed by atoms with E-state index in [1.54, 1.807) is 11.8 Å². The van der Waals surface area contributed by atoms with Gasteiger partial charge in [0.1, 0.15) is 6.04 Å². The minimum absolute atomic E-state index is 0.00570. The molecule has 0 N–H and O–H groups in total. The number of likely N-dealkylation sites (tertiary alicyclic amines) is 1. The summed E-state index contributed by atoms with van der Waals surface area (Å²) in [5, 5.41) is 0. The molecule has 1 saturated heterocycles. The topological polar surface area (TPSA) is 46.6 Å². The Morgan fingerprint density at radius 1 is 1.40 bits per heavy atom. The predicted molar refractivity (Wildman–Crippen MR) is 76.3 cm³/mol. The third kappa shape index (κ3) is 3.38. The zero-order valence-corrected chi connectivity index (χ0v) is 12.1. The summed E-state index contributed by atoms with van der Waals surface area (Å²) in [7, 11) is 0. The van der Waals surface area contributed by atoms with Crippen molar-refractivity contribution in [2.45, 2.75) is 39.2 Å². The SMILES string of the molecule is CCOC(=O)C1CCCN1C(=O)Cc1cccc(C)c1. The fourth-order valence-corrected chi connectivity index (χ4v) is 2.65. The largest absolute Gasteiger partial charge is 0.464 e. The molecule has 1 aliphatic heterocycles. The Labute approximate surface area is 119 Å². The third-order valence-electron chi connectivity index (χ3n) is 3.57. The second-order valence-electron chi connectivity index (χ2n) is 5.16. The number of amides is 1. The number of esters is 1. The molecule has 1 amide bonds. The van der Waals surface area contributed by atoms with Gasteiger partial charge in [0.2, 0.25) is 5.91 Å². The first-order valence-electron chi connectivity index (χ1n) is 7.13. The van der Waals surface area contributed by atoms with E-state index in [9.17, 15) is 9.59 Å². The van der Waals surface area contributed by atoms with Crippen LogP contribution < -0.4 is 0 Å². The van der Waals surface area contributed by atoms with Gasteiger partial charge in [-0.25, -0.2) is 4.79 Å². The molecule has 1 unspecified atom stereocenters. The van der Waals surface area contributed by atoms with Crippen molar-refractivity contribution in [1.82, 2.24) is 4.90 Å². The predicted octanol–water partition coefficient (Wildman–Crippen LogP) is 2.09. The number of nitrogens with zero attached hydrogens (tertiary/aromatic N) is 1. The van der Waals surface area contributed by atoms with Gasteiger partial charge in [0.15, 0.2) is 0 Å². The van der Waals surface area contributed by atoms with Crippen molar-refractivity contribution in [3.63, 3.8) is 0 Å². The number of carbonyl (C=O) groups excluding carboxylic acids is 2. The van der Waals surface area contributed by atoms with Crippen LogP contribution in [-0.2, 0) is 20.7 Å². The summed E-state index contributed by atoms with van der Waals surface area (Å²) in [6.07, 6.45) is 1.92. The summed E-state index contributed by atoms with van der Waals surface area (Å²) in [5.41, 5.74) is 2.13. The molecular weight excluding hydrogens is 254 g/mol. The molecule has 1 aromatic rings. The molecular formula is C16H21NO3. The van der Waals surface area contributed by atoms with Crippen LogP contribution in [0.3, 0.4) is 0 Å². The first-order valence-corrected chi connectivity index (χ1v) is 7.13. The second kappa shape index (κ2) is 6.55. The molecule has 1 heterocycles. The normalized spacial score (nSPS) is 18.1. The summed E-state index contributed by atoms with van der Waals surface area (Å²) in [5.74, 6) is -0.270. The zero-order valence-electron chi connectivity index (χ0n) is 12.1. The molecule has 0 bridgehead atoms. The van der Waals surface area contributed by atoms with E-state index in [1.165, 1.54) is 0 Å². The molecule has 1 atom stereocenters. The Kier molecular flexibility index (Phi) is 4.77. The maximum Gasteiger partial charge on any atom is 0.328 e. The minimum atomic E-state index is -0.396. The number of hydrogen-bond donors (Lipinski definition) is 0. The standard InChI is InChI=1S/C16H21NO3/c1-3-20-16(19)14-8-5-9-17(14)15(18)11-13-7-4-6-12(2)10-13/h4,6-7,10,14H,3,5,8-9,11H2,1-2H3. The van der Waals surface area contributed by atoms with Crippen molar-refractivity contribution in [3.8, 4) is 0 Å². The second-order valence-corrected chi connectivity index (χ2v) is 5.16. The van der Waals surface area contributed by atoms with Gasteiger partial charge in [-0.3, -0.25) is 4.79 Å². The molecule has 20 heavy (non-hydrogen) atoms. The molecule has 0 saturated carbocycles. The smallest absolute Gasteiger partial charge is 0.328 e. The monoisotopic (exact) mass is 275 g/mol. The van der Waals surface area contributed by atoms with Crippen LogP contribution in [0.2, 0.25) is 0 Å². The van der Waals surface area contributed by atoms with E-state index in [2.05, 4.69) is 0 Å². The Balaban J connectivity index is 2.02. The average molecular weight is 275 g/mol. The van der Waals surface area contributed by atoms with Crippen LogP contribution in [0.15, 0.2) is 24.3 Å². The Morgan fingerprint density at radius 2 is 2.20 bits per heavy atom. The van der Waals surface area contributed by atoms with Crippen LogP contribution in [0.5, 0.6) is 0 Å². The fraction of sp³-hybridized carbons (Fsp3) is 0.500. The molecule has 4 heteroatoms. The molecule has 0 spiro atoms. The average Bonchev–Trinajstić information content (AvgIpc) is 2.88. The van der Waals surface area contributed by atoms with Crippen molar-refractivity contribution >= 4 is 11.9 Å². The van der Waals surface area contributed by atoms with Gasteiger partial charge in [0, 0.05) is 6.54 Å². The van der Waals surface area contributed by atoms with Crippen LogP contribution >= 0.6 is 0 Å². The lowest BCUT2D eigenvalue weighted by atomic mass is 10.1. The fourth-order valence-electron chi connectivity index (χ4n) is 2.65. The van der Waals surface area contributed by atoms with Gasteiger partial charge >= 0.3 is 5.97 Å². The summed E-state index contributed by atoms with van der Waals surface area (Å²) < 4.78 is 5.04. The van der Waals surface area contributed by atoms with Gasteiger partial charge in [0.25, 0.3) is 0 Å². The van der Waals surface area contributed by atoms with E-state index in [1.807, 2.05) is 31.2 Å². The van der Waals surface area contributed by atoms with Crippen molar-refractivity contribution in [2.75, 3.05) is 13.2 Å². The van der Waals surface area contributed by atoms with Crippen molar-refractivity contribution in [3.05, 3.63) is 35.4 Å². The highest BCUT2D eigenvalue weighted by Crippen LogP contribution is 2.20. The summed E-state index contributed by atoms with van der Waals surface area (Å²) in [6.45, 7) is 4.79. The van der Waals surface area contributed by atoms with E-state index in [-0.39, 0.29) is 11.9 Å². The van der Waals surface area contributed by atoms with Crippen LogP contribution in [0.25, 0.3) is 0 Å². The molecule has 1 aliphatic rings. The molecule has 0 aromatic heterocycles. The molecule has 108 valence electrons. The maximum atomic E-state index is 12.4. The Bertz CT molecular complexity index is 498. The van der Waals surface area contributed by atoms with E-state index >= 15 is 0 Å². The number of benzene rings is 1. The van der Waals surface area contributed by atoms with Gasteiger partial charge < -0.3 is 9.64 Å². The van der Waals surface area contributed by atoms with Crippen molar-refractivity contribution in [2.24, 2.45) is 0 Å². The molecule has 1 fully saturated rings.